The van der Waals surface area contributed by atoms with Crippen molar-refractivity contribution in [3.8, 4) is 5.75 Å². The largest absolute Gasteiger partial charge is 0.473 e. The van der Waals surface area contributed by atoms with Crippen LogP contribution in [0, 0.1) is 0 Å². The first-order valence-electron chi connectivity index (χ1n) is 14.2. The number of methoxy groups -OCH3 is 1. The van der Waals surface area contributed by atoms with E-state index in [1.165, 1.54) is 24.8 Å². The van der Waals surface area contributed by atoms with Crippen LogP contribution in [0.15, 0.2) is 103 Å². The summed E-state index contributed by atoms with van der Waals surface area (Å²) < 4.78 is 10.8. The molecule has 0 radical (unpaired) electrons. The van der Waals surface area contributed by atoms with Crippen molar-refractivity contribution in [2.45, 2.75) is 67.9 Å². The normalized spacial score (nSPS) is 11.2. The summed E-state index contributed by atoms with van der Waals surface area (Å²) in [4.78, 5) is 9.59. The fraction of sp³-hybridized carbons (Fsp3) is 0.306. The van der Waals surface area contributed by atoms with Gasteiger partial charge in [-0.3, -0.25) is 4.79 Å². The number of fused-ring (bicyclic) bond motifs is 3. The summed E-state index contributed by atoms with van der Waals surface area (Å²) >= 11 is 0. The zero-order valence-corrected chi connectivity index (χ0v) is 25.6. The Balaban J connectivity index is 0.000000963. The highest BCUT2D eigenvalue weighted by Crippen LogP contribution is 2.43. The van der Waals surface area contributed by atoms with Gasteiger partial charge in [-0.1, -0.05) is 146 Å². The number of hydrogen-bond donors (Lipinski definition) is 0. The molecular formula is C36H48O3. The van der Waals surface area contributed by atoms with Crippen LogP contribution in [-0.2, 0) is 15.1 Å². The predicted molar refractivity (Wildman–Crippen MR) is 170 cm³/mol. The molecule has 0 saturated carbocycles. The monoisotopic (exact) mass is 528 g/mol. The molecule has 5 rings (SSSR count). The second-order valence-electron chi connectivity index (χ2n) is 7.30. The number of esters is 1. The van der Waals surface area contributed by atoms with E-state index in [9.17, 15) is 4.79 Å². The molecule has 1 heterocycles. The van der Waals surface area contributed by atoms with E-state index in [4.69, 9.17) is 4.74 Å². The van der Waals surface area contributed by atoms with Gasteiger partial charge in [0.05, 0.1) is 7.11 Å². The van der Waals surface area contributed by atoms with Crippen molar-refractivity contribution in [1.29, 1.82) is 0 Å². The van der Waals surface area contributed by atoms with E-state index in [0.29, 0.717) is 0 Å². The van der Waals surface area contributed by atoms with E-state index in [1.54, 1.807) is 0 Å². The molecule has 1 aliphatic rings. The Bertz CT molecular complexity index is 1170. The van der Waals surface area contributed by atoms with Gasteiger partial charge in [0.1, 0.15) is 5.75 Å². The number of rotatable bonds is 2. The lowest BCUT2D eigenvalue weighted by Crippen LogP contribution is -2.34. The van der Waals surface area contributed by atoms with Crippen molar-refractivity contribution in [2.24, 2.45) is 0 Å². The van der Waals surface area contributed by atoms with Crippen LogP contribution in [0.25, 0.3) is 16.8 Å². The van der Waals surface area contributed by atoms with Gasteiger partial charge >= 0.3 is 5.97 Å². The average molecular weight is 529 g/mol. The summed E-state index contributed by atoms with van der Waals surface area (Å²) in [6.45, 7) is 17.4. The van der Waals surface area contributed by atoms with Gasteiger partial charge in [-0.2, -0.15) is 0 Å². The van der Waals surface area contributed by atoms with Crippen molar-refractivity contribution in [2.75, 3.05) is 7.11 Å². The predicted octanol–water partition coefficient (Wildman–Crippen LogP) is 10.5. The smallest absolute Gasteiger partial charge is 0.302 e. The van der Waals surface area contributed by atoms with Gasteiger partial charge in [-0.25, -0.2) is 0 Å². The Kier molecular flexibility index (Phi) is 18.2. The fourth-order valence-corrected chi connectivity index (χ4v) is 3.79. The maximum atomic E-state index is 9.59. The quantitative estimate of drug-likeness (QED) is 0.243. The van der Waals surface area contributed by atoms with Gasteiger partial charge in [0.2, 0.25) is 0 Å². The molecule has 0 spiro atoms. The molecule has 0 amide bonds. The molecule has 0 N–H and O–H groups in total. The standard InChI is InChI=1S/C25H18O.C3H6O2.4C2H6/c1-3-10-20(11-4-1)25(21-12-5-2-6-13-21)18-17-23-22-14-8-7-9-19(22)15-16-24(23)26-25;1-3(4)5-2;4*1-2/h1-18H;1-2H3;4*1-2H3. The molecule has 0 unspecified atom stereocenters. The summed E-state index contributed by atoms with van der Waals surface area (Å²) in [5, 5.41) is 2.45. The molecule has 0 fully saturated rings. The first-order valence-corrected chi connectivity index (χ1v) is 14.2. The van der Waals surface area contributed by atoms with E-state index in [2.05, 4.69) is 102 Å². The minimum Gasteiger partial charge on any atom is -0.473 e. The van der Waals surface area contributed by atoms with E-state index in [0.717, 1.165) is 22.4 Å². The minimum absolute atomic E-state index is 0.245. The van der Waals surface area contributed by atoms with Crippen LogP contribution >= 0.6 is 0 Å². The van der Waals surface area contributed by atoms with Gasteiger partial charge in [0.25, 0.3) is 0 Å². The van der Waals surface area contributed by atoms with Crippen molar-refractivity contribution in [3.63, 3.8) is 0 Å². The van der Waals surface area contributed by atoms with Gasteiger partial charge in [-0.15, -0.1) is 0 Å². The van der Waals surface area contributed by atoms with Crippen LogP contribution in [0.1, 0.15) is 79.0 Å². The molecule has 39 heavy (non-hydrogen) atoms. The molecular weight excluding hydrogens is 480 g/mol. The number of benzene rings is 4. The molecule has 3 heteroatoms. The van der Waals surface area contributed by atoms with Gasteiger partial charge in [-0.05, 0) is 29.0 Å². The number of hydrogen-bond acceptors (Lipinski definition) is 3. The molecule has 4 aromatic carbocycles. The van der Waals surface area contributed by atoms with Crippen molar-refractivity contribution in [1.82, 2.24) is 0 Å². The third-order valence-corrected chi connectivity index (χ3v) is 5.38. The zero-order chi connectivity index (χ0) is 29.7. The van der Waals surface area contributed by atoms with Crippen LogP contribution in [0.4, 0.5) is 0 Å². The van der Waals surface area contributed by atoms with E-state index >= 15 is 0 Å². The lowest BCUT2D eigenvalue weighted by Gasteiger charge is -2.36. The molecule has 3 nitrogen and oxygen atoms in total. The van der Waals surface area contributed by atoms with Crippen LogP contribution in [0.3, 0.4) is 0 Å². The van der Waals surface area contributed by atoms with Gasteiger partial charge in [0.15, 0.2) is 5.60 Å². The van der Waals surface area contributed by atoms with Crippen molar-refractivity contribution < 1.29 is 14.3 Å². The summed E-state index contributed by atoms with van der Waals surface area (Å²) in [5.41, 5.74) is 2.78. The highest BCUT2D eigenvalue weighted by molar-refractivity contribution is 5.94. The summed E-state index contributed by atoms with van der Waals surface area (Å²) in [6, 6.07) is 33.5. The third kappa shape index (κ3) is 9.44. The first-order chi connectivity index (χ1) is 19.1. The lowest BCUT2D eigenvalue weighted by atomic mass is 9.83. The molecule has 0 saturated heterocycles. The van der Waals surface area contributed by atoms with E-state index in [1.807, 2.05) is 67.5 Å². The highest BCUT2D eigenvalue weighted by Gasteiger charge is 2.37. The Labute approximate surface area is 237 Å². The summed E-state index contributed by atoms with van der Waals surface area (Å²) in [6.07, 6.45) is 4.40. The number of carbonyl (C=O) groups is 1. The van der Waals surface area contributed by atoms with Crippen molar-refractivity contribution in [3.05, 3.63) is 120 Å². The summed E-state index contributed by atoms with van der Waals surface area (Å²) in [7, 11) is 1.35. The summed E-state index contributed by atoms with van der Waals surface area (Å²) in [5.74, 6) is 0.670. The lowest BCUT2D eigenvalue weighted by molar-refractivity contribution is -0.137. The number of ether oxygens (including phenoxy) is 2. The van der Waals surface area contributed by atoms with Crippen molar-refractivity contribution >= 4 is 22.8 Å². The molecule has 4 aromatic rings. The highest BCUT2D eigenvalue weighted by atomic mass is 16.5. The van der Waals surface area contributed by atoms with E-state index in [-0.39, 0.29) is 5.97 Å². The average Bonchev–Trinajstić information content (AvgIpc) is 3.05. The second-order valence-corrected chi connectivity index (χ2v) is 7.30. The Morgan fingerprint density at radius 2 is 1.08 bits per heavy atom. The van der Waals surface area contributed by atoms with Crippen LogP contribution in [0.5, 0.6) is 5.75 Å². The maximum absolute atomic E-state index is 9.59. The first kappa shape index (κ1) is 35.2. The van der Waals surface area contributed by atoms with E-state index < -0.39 is 5.60 Å². The fourth-order valence-electron chi connectivity index (χ4n) is 3.79. The zero-order valence-electron chi connectivity index (χ0n) is 25.6. The van der Waals surface area contributed by atoms with Crippen LogP contribution in [-0.4, -0.2) is 13.1 Å². The second kappa shape index (κ2) is 20.2. The molecule has 0 aliphatic carbocycles. The topological polar surface area (TPSA) is 35.5 Å². The molecule has 0 bridgehead atoms. The van der Waals surface area contributed by atoms with Gasteiger partial charge in [0, 0.05) is 23.6 Å². The molecule has 0 aromatic heterocycles. The van der Waals surface area contributed by atoms with Crippen LogP contribution in [0.2, 0.25) is 0 Å². The maximum Gasteiger partial charge on any atom is 0.302 e. The number of carbonyl (C=O) groups excluding carboxylic acids is 1. The molecule has 0 atom stereocenters. The minimum atomic E-state index is -0.613. The molecule has 210 valence electrons. The Morgan fingerprint density at radius 3 is 1.54 bits per heavy atom. The molecule has 1 aliphatic heterocycles. The SMILES string of the molecule is C1=CC(c2ccccc2)(c2ccccc2)Oc2ccc3ccccc3c21.CC.CC.CC.CC.COC(C)=O. The Morgan fingerprint density at radius 1 is 0.641 bits per heavy atom. The Hall–Kier alpha value is -3.85. The van der Waals surface area contributed by atoms with Crippen LogP contribution < -0.4 is 4.74 Å². The van der Waals surface area contributed by atoms with Gasteiger partial charge < -0.3 is 9.47 Å². The third-order valence-electron chi connectivity index (χ3n) is 5.38.